The van der Waals surface area contributed by atoms with E-state index in [-0.39, 0.29) is 0 Å². The Morgan fingerprint density at radius 3 is 2.07 bits per heavy atom. The first-order valence-corrected chi connectivity index (χ1v) is 10.4. The highest BCUT2D eigenvalue weighted by molar-refractivity contribution is 5.20. The molecular formula is C23H30N6. The van der Waals surface area contributed by atoms with E-state index in [0.717, 1.165) is 51.4 Å². The van der Waals surface area contributed by atoms with Crippen molar-refractivity contribution in [3.8, 4) is 0 Å². The number of aromatic amines is 1. The summed E-state index contributed by atoms with van der Waals surface area (Å²) >= 11 is 0. The summed E-state index contributed by atoms with van der Waals surface area (Å²) in [6.45, 7) is 9.11. The summed E-state index contributed by atoms with van der Waals surface area (Å²) in [7, 11) is 0. The third-order valence-electron chi connectivity index (χ3n) is 5.94. The maximum Gasteiger partial charge on any atom is 0.120 e. The van der Waals surface area contributed by atoms with E-state index >= 15 is 0 Å². The van der Waals surface area contributed by atoms with Gasteiger partial charge in [-0.2, -0.15) is 0 Å². The van der Waals surface area contributed by atoms with E-state index in [1.165, 1.54) is 22.5 Å². The maximum absolute atomic E-state index is 4.66. The first-order chi connectivity index (χ1) is 14.2. The van der Waals surface area contributed by atoms with Crippen LogP contribution in [0.3, 0.4) is 0 Å². The molecule has 0 saturated carbocycles. The van der Waals surface area contributed by atoms with Crippen LogP contribution in [0.2, 0.25) is 0 Å². The summed E-state index contributed by atoms with van der Waals surface area (Å²) in [5.74, 6) is 1.05. The van der Waals surface area contributed by atoms with Crippen LogP contribution in [0.25, 0.3) is 0 Å². The van der Waals surface area contributed by atoms with Gasteiger partial charge in [-0.1, -0.05) is 12.1 Å². The molecule has 1 aliphatic rings. The number of hydrogen-bond donors (Lipinski definition) is 1. The number of imidazole rings is 1. The molecule has 3 aromatic heterocycles. The number of pyridine rings is 2. The van der Waals surface area contributed by atoms with Crippen molar-refractivity contribution in [1.82, 2.24) is 29.7 Å². The van der Waals surface area contributed by atoms with Crippen LogP contribution in [0.1, 0.15) is 41.2 Å². The summed E-state index contributed by atoms with van der Waals surface area (Å²) < 4.78 is 0. The van der Waals surface area contributed by atoms with Crippen molar-refractivity contribution in [1.29, 1.82) is 0 Å². The molecule has 0 amide bonds. The van der Waals surface area contributed by atoms with Crippen LogP contribution in [0.15, 0.2) is 49.1 Å². The summed E-state index contributed by atoms with van der Waals surface area (Å²) in [5.41, 5.74) is 4.84. The van der Waals surface area contributed by atoms with Crippen LogP contribution < -0.4 is 0 Å². The molecule has 1 N–H and O–H groups in total. The lowest BCUT2D eigenvalue weighted by molar-refractivity contribution is 0.0900. The van der Waals surface area contributed by atoms with E-state index in [9.17, 15) is 0 Å². The van der Waals surface area contributed by atoms with Crippen molar-refractivity contribution >= 4 is 0 Å². The van der Waals surface area contributed by atoms with Gasteiger partial charge in [0.05, 0.1) is 17.9 Å². The van der Waals surface area contributed by atoms with E-state index in [0.29, 0.717) is 6.04 Å². The average Bonchev–Trinajstić information content (AvgIpc) is 3.24. The topological polar surface area (TPSA) is 60.9 Å². The van der Waals surface area contributed by atoms with Gasteiger partial charge in [0.2, 0.25) is 0 Å². The lowest BCUT2D eigenvalue weighted by Gasteiger charge is -2.38. The van der Waals surface area contributed by atoms with Gasteiger partial charge in [0.1, 0.15) is 5.82 Å². The molecule has 0 radical (unpaired) electrons. The molecule has 6 heteroatoms. The Hall–Kier alpha value is -2.57. The Kier molecular flexibility index (Phi) is 6.32. The van der Waals surface area contributed by atoms with Crippen molar-refractivity contribution in [3.05, 3.63) is 77.4 Å². The van der Waals surface area contributed by atoms with Crippen molar-refractivity contribution < 1.29 is 0 Å². The lowest BCUT2D eigenvalue weighted by Crippen LogP contribution is -2.44. The van der Waals surface area contributed by atoms with Gasteiger partial charge in [-0.05, 0) is 49.9 Å². The molecule has 1 aliphatic heterocycles. The zero-order chi connectivity index (χ0) is 20.1. The van der Waals surface area contributed by atoms with Gasteiger partial charge in [0, 0.05) is 57.0 Å². The smallest absolute Gasteiger partial charge is 0.120 e. The van der Waals surface area contributed by atoms with Gasteiger partial charge in [0.15, 0.2) is 0 Å². The van der Waals surface area contributed by atoms with Gasteiger partial charge < -0.3 is 4.98 Å². The minimum absolute atomic E-state index is 0.533. The molecule has 0 unspecified atom stereocenters. The Morgan fingerprint density at radius 2 is 1.55 bits per heavy atom. The second-order valence-electron chi connectivity index (χ2n) is 7.98. The minimum Gasteiger partial charge on any atom is -0.348 e. The molecule has 152 valence electrons. The predicted molar refractivity (Wildman–Crippen MR) is 114 cm³/mol. The monoisotopic (exact) mass is 390 g/mol. The number of aryl methyl sites for hydroxylation is 2. The number of piperidine rings is 1. The van der Waals surface area contributed by atoms with Crippen molar-refractivity contribution in [2.24, 2.45) is 0 Å². The normalized spacial score (nSPS) is 15.8. The molecule has 29 heavy (non-hydrogen) atoms. The highest BCUT2D eigenvalue weighted by Crippen LogP contribution is 2.23. The SMILES string of the molecule is Cc1cccnc1CN(Cc1ncccc1C)C1CCN(Cc2ncc[nH]2)CC1. The van der Waals surface area contributed by atoms with Crippen LogP contribution >= 0.6 is 0 Å². The Balaban J connectivity index is 1.46. The predicted octanol–water partition coefficient (Wildman–Crippen LogP) is 3.48. The number of rotatable bonds is 7. The molecule has 0 aliphatic carbocycles. The number of nitrogens with one attached hydrogen (secondary N) is 1. The molecule has 0 aromatic carbocycles. The fraction of sp³-hybridized carbons (Fsp3) is 0.435. The average molecular weight is 391 g/mol. The van der Waals surface area contributed by atoms with Crippen molar-refractivity contribution in [2.45, 2.75) is 52.4 Å². The summed E-state index contributed by atoms with van der Waals surface area (Å²) in [4.78, 5) is 22.0. The first-order valence-electron chi connectivity index (χ1n) is 10.4. The molecule has 4 heterocycles. The molecular weight excluding hydrogens is 360 g/mol. The molecule has 4 rings (SSSR count). The van der Waals surface area contributed by atoms with Crippen LogP contribution in [0.5, 0.6) is 0 Å². The largest absolute Gasteiger partial charge is 0.348 e. The maximum atomic E-state index is 4.66. The summed E-state index contributed by atoms with van der Waals surface area (Å²) in [6.07, 6.45) is 9.83. The zero-order valence-corrected chi connectivity index (χ0v) is 17.4. The van der Waals surface area contributed by atoms with E-state index in [4.69, 9.17) is 0 Å². The fourth-order valence-corrected chi connectivity index (χ4v) is 4.11. The number of hydrogen-bond acceptors (Lipinski definition) is 5. The van der Waals surface area contributed by atoms with Crippen LogP contribution in [-0.2, 0) is 19.6 Å². The molecule has 0 atom stereocenters. The highest BCUT2D eigenvalue weighted by Gasteiger charge is 2.26. The zero-order valence-electron chi connectivity index (χ0n) is 17.4. The van der Waals surface area contributed by atoms with E-state index in [1.54, 1.807) is 0 Å². The van der Waals surface area contributed by atoms with E-state index in [2.05, 4.69) is 55.7 Å². The second kappa shape index (κ2) is 9.29. The summed E-state index contributed by atoms with van der Waals surface area (Å²) in [5, 5.41) is 0. The van der Waals surface area contributed by atoms with E-state index in [1.807, 2.05) is 36.9 Å². The Bertz CT molecular complexity index is 852. The van der Waals surface area contributed by atoms with Crippen molar-refractivity contribution in [3.63, 3.8) is 0 Å². The summed E-state index contributed by atoms with van der Waals surface area (Å²) in [6, 6.07) is 8.86. The second-order valence-corrected chi connectivity index (χ2v) is 7.98. The number of aromatic nitrogens is 4. The number of H-pyrrole nitrogens is 1. The van der Waals surface area contributed by atoms with Crippen LogP contribution in [0.4, 0.5) is 0 Å². The fourth-order valence-electron chi connectivity index (χ4n) is 4.11. The standard InChI is InChI=1S/C23H30N6/c1-18-5-3-9-24-21(18)15-29(16-22-19(2)6-4-10-25-22)20-7-13-28(14-8-20)17-23-26-11-12-27-23/h3-6,9-12,20H,7-8,13-17H2,1-2H3,(H,26,27). The minimum atomic E-state index is 0.533. The Labute approximate surface area is 173 Å². The molecule has 0 spiro atoms. The van der Waals surface area contributed by atoms with Gasteiger partial charge in [-0.15, -0.1) is 0 Å². The molecule has 6 nitrogen and oxygen atoms in total. The third kappa shape index (κ3) is 5.08. The van der Waals surface area contributed by atoms with Gasteiger partial charge in [-0.3, -0.25) is 19.8 Å². The van der Waals surface area contributed by atoms with Gasteiger partial charge in [0.25, 0.3) is 0 Å². The quantitative estimate of drug-likeness (QED) is 0.669. The lowest BCUT2D eigenvalue weighted by atomic mass is 10.0. The molecule has 3 aromatic rings. The third-order valence-corrected chi connectivity index (χ3v) is 5.94. The van der Waals surface area contributed by atoms with Crippen LogP contribution in [-0.4, -0.2) is 48.9 Å². The Morgan fingerprint density at radius 1 is 0.931 bits per heavy atom. The molecule has 0 bridgehead atoms. The molecule has 1 saturated heterocycles. The van der Waals surface area contributed by atoms with Crippen LogP contribution in [0, 0.1) is 13.8 Å². The highest BCUT2D eigenvalue weighted by atomic mass is 15.2. The first kappa shape index (κ1) is 19.7. The van der Waals surface area contributed by atoms with Gasteiger partial charge in [-0.25, -0.2) is 4.98 Å². The van der Waals surface area contributed by atoms with Crippen molar-refractivity contribution in [2.75, 3.05) is 13.1 Å². The molecule has 1 fully saturated rings. The number of likely N-dealkylation sites (tertiary alicyclic amines) is 1. The number of nitrogens with zero attached hydrogens (tertiary/aromatic N) is 5. The van der Waals surface area contributed by atoms with E-state index < -0.39 is 0 Å². The van der Waals surface area contributed by atoms with Gasteiger partial charge >= 0.3 is 0 Å².